The number of anilines is 1. The predicted molar refractivity (Wildman–Crippen MR) is 117 cm³/mol. The van der Waals surface area contributed by atoms with Gasteiger partial charge < -0.3 is 21.1 Å². The highest BCUT2D eigenvalue weighted by molar-refractivity contribution is 5.98. The molecule has 0 aliphatic rings. The molecule has 0 fully saturated rings. The fraction of sp³-hybridized carbons (Fsp3) is 0.273. The molecule has 9 nitrogen and oxygen atoms in total. The Morgan fingerprint density at radius 1 is 1.14 bits per heavy atom. The maximum Gasteiger partial charge on any atom is 0.420 e. The van der Waals surface area contributed by atoms with E-state index < -0.39 is 67.2 Å². The molecule has 1 unspecified atom stereocenters. The molecular formula is C22H20F6N6O3. The van der Waals surface area contributed by atoms with Crippen molar-refractivity contribution >= 4 is 17.6 Å². The van der Waals surface area contributed by atoms with Crippen molar-refractivity contribution in [3.63, 3.8) is 0 Å². The summed E-state index contributed by atoms with van der Waals surface area (Å²) >= 11 is 0. The summed E-state index contributed by atoms with van der Waals surface area (Å²) in [6.07, 6.45) is -3.46. The quantitative estimate of drug-likeness (QED) is 0.365. The number of aliphatic hydroxyl groups is 1. The number of amides is 2. The Morgan fingerprint density at radius 2 is 1.81 bits per heavy atom. The smallest absolute Gasteiger partial charge is 0.383 e. The van der Waals surface area contributed by atoms with Crippen LogP contribution in [0.1, 0.15) is 20.8 Å². The van der Waals surface area contributed by atoms with Gasteiger partial charge in [-0.1, -0.05) is 0 Å². The molecular weight excluding hydrogens is 510 g/mol. The highest BCUT2D eigenvalue weighted by atomic mass is 19.4. The molecule has 0 saturated carbocycles. The van der Waals surface area contributed by atoms with Crippen LogP contribution in [-0.2, 0) is 0 Å². The molecule has 0 radical (unpaired) electrons. The summed E-state index contributed by atoms with van der Waals surface area (Å²) in [6, 6.07) is 6.76. The van der Waals surface area contributed by atoms with Crippen LogP contribution in [0.5, 0.6) is 0 Å². The minimum absolute atomic E-state index is 0.242. The van der Waals surface area contributed by atoms with Crippen LogP contribution >= 0.6 is 0 Å². The lowest BCUT2D eigenvalue weighted by molar-refractivity contribution is -0.260. The van der Waals surface area contributed by atoms with E-state index in [1.807, 2.05) is 5.32 Å². The predicted octanol–water partition coefficient (Wildman–Crippen LogP) is 2.26. The van der Waals surface area contributed by atoms with E-state index >= 15 is 0 Å². The number of carbonyl (C=O) groups is 2. The first-order valence-corrected chi connectivity index (χ1v) is 10.5. The number of nitrogens with two attached hydrogens (primary N) is 1. The van der Waals surface area contributed by atoms with Crippen molar-refractivity contribution in [2.45, 2.75) is 11.8 Å². The van der Waals surface area contributed by atoms with Crippen LogP contribution in [0.25, 0.3) is 5.69 Å². The third kappa shape index (κ3) is 5.99. The maximum absolute atomic E-state index is 13.9. The number of nitrogen functional groups attached to an aromatic ring is 1. The number of alkyl halides is 4. The van der Waals surface area contributed by atoms with Crippen molar-refractivity contribution in [3.05, 3.63) is 71.7 Å². The molecule has 2 heterocycles. The van der Waals surface area contributed by atoms with Crippen LogP contribution in [0, 0.1) is 11.6 Å². The Hall–Kier alpha value is -4.14. The van der Waals surface area contributed by atoms with Crippen molar-refractivity contribution < 1.29 is 41.0 Å². The standard InChI is InChI=1S/C22H20F6N6O3/c23-7-9-33(20(36)17-16(25)2-1-8-30-17)12-21(37,22(26,27)28)11-31-19(35)15-10-32-34(18(15)29)14-5-3-13(24)4-6-14/h1-6,8,10,37H,7,9,11-12,29H2,(H,31,35). The lowest BCUT2D eigenvalue weighted by Crippen LogP contribution is -2.60. The molecule has 2 aromatic heterocycles. The average Bonchev–Trinajstić information content (AvgIpc) is 3.23. The number of halogens is 6. The normalized spacial score (nSPS) is 13.2. The Labute approximate surface area is 205 Å². The fourth-order valence-corrected chi connectivity index (χ4v) is 3.25. The second-order valence-electron chi connectivity index (χ2n) is 7.79. The van der Waals surface area contributed by atoms with Crippen LogP contribution in [0.4, 0.5) is 32.2 Å². The number of carbonyl (C=O) groups excluding carboxylic acids is 2. The van der Waals surface area contributed by atoms with Crippen molar-refractivity contribution in [3.8, 4) is 5.69 Å². The SMILES string of the molecule is Nc1c(C(=O)NCC(O)(CN(CCF)C(=O)c2ncccc2F)C(F)(F)F)cnn1-c1ccc(F)cc1. The Balaban J connectivity index is 1.81. The van der Waals surface area contributed by atoms with E-state index in [0.29, 0.717) is 0 Å². The van der Waals surface area contributed by atoms with Gasteiger partial charge in [-0.05, 0) is 36.4 Å². The summed E-state index contributed by atoms with van der Waals surface area (Å²) in [5, 5.41) is 16.2. The number of pyridine rings is 1. The number of aromatic nitrogens is 3. The maximum atomic E-state index is 13.9. The Morgan fingerprint density at radius 3 is 2.41 bits per heavy atom. The minimum Gasteiger partial charge on any atom is -0.383 e. The van der Waals surface area contributed by atoms with Crippen molar-refractivity contribution in [1.82, 2.24) is 25.0 Å². The lowest BCUT2D eigenvalue weighted by Gasteiger charge is -2.35. The molecule has 4 N–H and O–H groups in total. The zero-order valence-corrected chi connectivity index (χ0v) is 18.8. The number of rotatable bonds is 9. The summed E-state index contributed by atoms with van der Waals surface area (Å²) in [5.41, 5.74) is 1.13. The van der Waals surface area contributed by atoms with Gasteiger partial charge in [-0.3, -0.25) is 9.59 Å². The van der Waals surface area contributed by atoms with Crippen LogP contribution in [0.3, 0.4) is 0 Å². The molecule has 0 spiro atoms. The summed E-state index contributed by atoms with van der Waals surface area (Å²) in [5.74, 6) is -4.56. The van der Waals surface area contributed by atoms with E-state index in [1.165, 1.54) is 12.1 Å². The molecule has 0 aliphatic heterocycles. The fourth-order valence-electron chi connectivity index (χ4n) is 3.25. The topological polar surface area (TPSA) is 126 Å². The molecule has 1 aromatic carbocycles. The number of nitrogens with zero attached hydrogens (tertiary/aromatic N) is 4. The van der Waals surface area contributed by atoms with Gasteiger partial charge in [0.1, 0.15) is 23.9 Å². The zero-order valence-electron chi connectivity index (χ0n) is 18.8. The molecule has 1 atom stereocenters. The third-order valence-electron chi connectivity index (χ3n) is 5.25. The van der Waals surface area contributed by atoms with E-state index in [4.69, 9.17) is 5.73 Å². The van der Waals surface area contributed by atoms with Crippen LogP contribution in [0.2, 0.25) is 0 Å². The van der Waals surface area contributed by atoms with E-state index in [2.05, 4.69) is 10.1 Å². The van der Waals surface area contributed by atoms with Gasteiger partial charge in [-0.15, -0.1) is 0 Å². The molecule has 0 aliphatic carbocycles. The molecule has 0 bridgehead atoms. The molecule has 198 valence electrons. The lowest BCUT2D eigenvalue weighted by atomic mass is 10.0. The molecule has 3 aromatic rings. The van der Waals surface area contributed by atoms with E-state index in [0.717, 1.165) is 41.3 Å². The van der Waals surface area contributed by atoms with Gasteiger partial charge in [0.2, 0.25) is 0 Å². The van der Waals surface area contributed by atoms with Crippen molar-refractivity contribution in [2.75, 3.05) is 32.0 Å². The van der Waals surface area contributed by atoms with Crippen molar-refractivity contribution in [2.24, 2.45) is 0 Å². The Bertz CT molecular complexity index is 1270. The van der Waals surface area contributed by atoms with Gasteiger partial charge in [-0.25, -0.2) is 22.8 Å². The summed E-state index contributed by atoms with van der Waals surface area (Å²) in [4.78, 5) is 28.8. The highest BCUT2D eigenvalue weighted by Gasteiger charge is 2.55. The van der Waals surface area contributed by atoms with E-state index in [9.17, 15) is 41.0 Å². The highest BCUT2D eigenvalue weighted by Crippen LogP contribution is 2.31. The first kappa shape index (κ1) is 27.4. The Kier molecular flexibility index (Phi) is 8.06. The second-order valence-corrected chi connectivity index (χ2v) is 7.79. The second kappa shape index (κ2) is 10.9. The summed E-state index contributed by atoms with van der Waals surface area (Å²) < 4.78 is 82.7. The van der Waals surface area contributed by atoms with Crippen molar-refractivity contribution in [1.29, 1.82) is 0 Å². The molecule has 37 heavy (non-hydrogen) atoms. The zero-order chi connectivity index (χ0) is 27.4. The van der Waals surface area contributed by atoms with Gasteiger partial charge in [0, 0.05) is 12.7 Å². The number of hydrogen-bond donors (Lipinski definition) is 3. The summed E-state index contributed by atoms with van der Waals surface area (Å²) in [6.45, 7) is -5.24. The van der Waals surface area contributed by atoms with Crippen LogP contribution in [0.15, 0.2) is 48.8 Å². The first-order valence-electron chi connectivity index (χ1n) is 10.5. The van der Waals surface area contributed by atoms with Gasteiger partial charge in [0.05, 0.1) is 25.0 Å². The van der Waals surface area contributed by atoms with Crippen LogP contribution < -0.4 is 11.1 Å². The monoisotopic (exact) mass is 530 g/mol. The molecule has 15 heteroatoms. The first-order chi connectivity index (χ1) is 17.4. The van der Waals surface area contributed by atoms with Gasteiger partial charge in [0.25, 0.3) is 11.8 Å². The van der Waals surface area contributed by atoms with Crippen LogP contribution in [-0.4, -0.2) is 74.7 Å². The molecule has 2 amide bonds. The van der Waals surface area contributed by atoms with Gasteiger partial charge >= 0.3 is 6.18 Å². The number of nitrogens with one attached hydrogen (secondary N) is 1. The minimum atomic E-state index is -5.42. The third-order valence-corrected chi connectivity index (χ3v) is 5.25. The largest absolute Gasteiger partial charge is 0.420 e. The summed E-state index contributed by atoms with van der Waals surface area (Å²) in [7, 11) is 0. The number of benzene rings is 1. The molecule has 0 saturated heterocycles. The van der Waals surface area contributed by atoms with E-state index in [-0.39, 0.29) is 22.0 Å². The number of hydrogen-bond acceptors (Lipinski definition) is 6. The average molecular weight is 530 g/mol. The van der Waals surface area contributed by atoms with E-state index in [1.54, 1.807) is 0 Å². The van der Waals surface area contributed by atoms with Gasteiger partial charge in [0.15, 0.2) is 17.1 Å². The van der Waals surface area contributed by atoms with Gasteiger partial charge in [-0.2, -0.15) is 18.3 Å². The molecule has 3 rings (SSSR count).